The first kappa shape index (κ1) is 17.3. The van der Waals surface area contributed by atoms with Crippen LogP contribution in [0.4, 0.5) is 5.00 Å². The molecule has 2 N–H and O–H groups in total. The summed E-state index contributed by atoms with van der Waals surface area (Å²) in [6.45, 7) is 4.36. The summed E-state index contributed by atoms with van der Waals surface area (Å²) in [6.07, 6.45) is 1.83. The highest BCUT2D eigenvalue weighted by atomic mass is 32.2. The third-order valence-electron chi connectivity index (χ3n) is 3.13. The molecule has 9 heteroatoms. The molecule has 1 amide bonds. The highest BCUT2D eigenvalue weighted by Gasteiger charge is 2.20. The van der Waals surface area contributed by atoms with Crippen molar-refractivity contribution < 1.29 is 4.79 Å². The first-order valence-electron chi connectivity index (χ1n) is 7.17. The molecule has 122 valence electrons. The van der Waals surface area contributed by atoms with Gasteiger partial charge in [-0.2, -0.15) is 5.26 Å². The van der Waals surface area contributed by atoms with Crippen LogP contribution in [0, 0.1) is 11.3 Å². The lowest BCUT2D eigenvalue weighted by atomic mass is 10.3. The maximum Gasteiger partial charge on any atom is 0.343 e. The number of H-pyrrole nitrogens is 1. The number of amides is 1. The van der Waals surface area contributed by atoms with Crippen LogP contribution in [0.15, 0.2) is 21.4 Å². The van der Waals surface area contributed by atoms with E-state index in [0.29, 0.717) is 22.3 Å². The predicted octanol–water partition coefficient (Wildman–Crippen LogP) is 2.42. The molecule has 0 saturated heterocycles. The van der Waals surface area contributed by atoms with Crippen molar-refractivity contribution in [2.75, 3.05) is 5.32 Å². The van der Waals surface area contributed by atoms with Crippen LogP contribution in [-0.2, 0) is 11.3 Å². The SMILES string of the molecule is CCCCn1c(SC(C)C(=O)Nc2sccc2C#N)n[nH]c1=O. The van der Waals surface area contributed by atoms with Gasteiger partial charge in [0, 0.05) is 6.54 Å². The zero-order chi connectivity index (χ0) is 16.8. The molecule has 0 aromatic carbocycles. The third-order valence-corrected chi connectivity index (χ3v) is 5.05. The Balaban J connectivity index is 2.04. The van der Waals surface area contributed by atoms with Gasteiger partial charge in [0.05, 0.1) is 10.8 Å². The number of thioether (sulfide) groups is 1. The zero-order valence-electron chi connectivity index (χ0n) is 12.8. The molecule has 1 atom stereocenters. The maximum atomic E-state index is 12.3. The fraction of sp³-hybridized carbons (Fsp3) is 0.429. The number of carbonyl (C=O) groups is 1. The number of thiophene rings is 1. The minimum absolute atomic E-state index is 0.230. The van der Waals surface area contributed by atoms with Crippen LogP contribution in [0.3, 0.4) is 0 Å². The molecule has 7 nitrogen and oxygen atoms in total. The van der Waals surface area contributed by atoms with Crippen molar-refractivity contribution in [2.24, 2.45) is 0 Å². The Morgan fingerprint density at radius 2 is 2.43 bits per heavy atom. The van der Waals surface area contributed by atoms with Gasteiger partial charge in [-0.3, -0.25) is 9.36 Å². The van der Waals surface area contributed by atoms with Crippen molar-refractivity contribution in [3.05, 3.63) is 27.5 Å². The lowest BCUT2D eigenvalue weighted by Crippen LogP contribution is -2.24. The second-order valence-electron chi connectivity index (χ2n) is 4.84. The summed E-state index contributed by atoms with van der Waals surface area (Å²) in [5.74, 6) is -0.230. The van der Waals surface area contributed by atoms with E-state index in [9.17, 15) is 9.59 Å². The van der Waals surface area contributed by atoms with Gasteiger partial charge in [0.25, 0.3) is 0 Å². The van der Waals surface area contributed by atoms with E-state index in [0.717, 1.165) is 12.8 Å². The van der Waals surface area contributed by atoms with Crippen LogP contribution in [-0.4, -0.2) is 25.9 Å². The number of carbonyl (C=O) groups excluding carboxylic acids is 1. The minimum Gasteiger partial charge on any atom is -0.316 e. The van der Waals surface area contributed by atoms with Gasteiger partial charge in [-0.05, 0) is 24.8 Å². The van der Waals surface area contributed by atoms with Gasteiger partial charge in [0.1, 0.15) is 11.1 Å². The Morgan fingerprint density at radius 3 is 3.13 bits per heavy atom. The smallest absolute Gasteiger partial charge is 0.316 e. The van der Waals surface area contributed by atoms with Crippen LogP contribution >= 0.6 is 23.1 Å². The molecule has 0 spiro atoms. The normalized spacial score (nSPS) is 11.9. The molecule has 2 rings (SSSR count). The number of hydrogen-bond donors (Lipinski definition) is 2. The Labute approximate surface area is 141 Å². The van der Waals surface area contributed by atoms with E-state index >= 15 is 0 Å². The molecule has 2 aromatic heterocycles. The molecule has 0 bridgehead atoms. The molecule has 0 radical (unpaired) electrons. The number of rotatable bonds is 7. The lowest BCUT2D eigenvalue weighted by Gasteiger charge is -2.11. The topological polar surface area (TPSA) is 104 Å². The molecular formula is C14H17N5O2S2. The molecular weight excluding hydrogens is 334 g/mol. The quantitative estimate of drug-likeness (QED) is 0.746. The first-order chi connectivity index (χ1) is 11.1. The lowest BCUT2D eigenvalue weighted by molar-refractivity contribution is -0.115. The molecule has 0 saturated carbocycles. The average molecular weight is 351 g/mol. The van der Waals surface area contributed by atoms with Crippen LogP contribution in [0.2, 0.25) is 0 Å². The summed E-state index contributed by atoms with van der Waals surface area (Å²) < 4.78 is 1.55. The number of hydrogen-bond acceptors (Lipinski definition) is 6. The van der Waals surface area contributed by atoms with Gasteiger partial charge in [-0.25, -0.2) is 9.89 Å². The molecule has 2 aromatic rings. The fourth-order valence-electron chi connectivity index (χ4n) is 1.83. The summed E-state index contributed by atoms with van der Waals surface area (Å²) in [4.78, 5) is 24.0. The molecule has 0 aliphatic carbocycles. The number of aromatic nitrogens is 3. The first-order valence-corrected chi connectivity index (χ1v) is 8.93. The zero-order valence-corrected chi connectivity index (χ0v) is 14.5. The van der Waals surface area contributed by atoms with Crippen molar-refractivity contribution in [2.45, 2.75) is 43.6 Å². The standard InChI is InChI=1S/C14H17N5O2S2/c1-3-4-6-19-13(21)17-18-14(19)23-9(2)11(20)16-12-10(8-15)5-7-22-12/h5,7,9H,3-4,6H2,1-2H3,(H,16,20)(H,17,21). The van der Waals surface area contributed by atoms with Crippen LogP contribution in [0.5, 0.6) is 0 Å². The molecule has 2 heterocycles. The molecule has 23 heavy (non-hydrogen) atoms. The largest absolute Gasteiger partial charge is 0.343 e. The molecule has 0 aliphatic rings. The van der Waals surface area contributed by atoms with Gasteiger partial charge < -0.3 is 5.32 Å². The van der Waals surface area contributed by atoms with Crippen molar-refractivity contribution >= 4 is 34.0 Å². The monoisotopic (exact) mass is 351 g/mol. The van der Waals surface area contributed by atoms with Crippen LogP contribution < -0.4 is 11.0 Å². The highest BCUT2D eigenvalue weighted by molar-refractivity contribution is 8.00. The summed E-state index contributed by atoms with van der Waals surface area (Å²) >= 11 is 2.52. The van der Waals surface area contributed by atoms with Gasteiger partial charge in [-0.15, -0.1) is 16.4 Å². The number of unbranched alkanes of at least 4 members (excludes halogenated alkanes) is 1. The number of aromatic amines is 1. The van der Waals surface area contributed by atoms with E-state index in [1.165, 1.54) is 23.1 Å². The third kappa shape index (κ3) is 4.24. The maximum absolute atomic E-state index is 12.3. The molecule has 0 fully saturated rings. The Kier molecular flexibility index (Phi) is 6.01. The van der Waals surface area contributed by atoms with E-state index in [2.05, 4.69) is 15.5 Å². The number of nitriles is 1. The van der Waals surface area contributed by atoms with Gasteiger partial charge in [0.2, 0.25) is 5.91 Å². The van der Waals surface area contributed by atoms with Crippen LogP contribution in [0.25, 0.3) is 0 Å². The fourth-order valence-corrected chi connectivity index (χ4v) is 3.45. The van der Waals surface area contributed by atoms with Crippen molar-refractivity contribution in [3.63, 3.8) is 0 Å². The number of nitrogens with one attached hydrogen (secondary N) is 2. The van der Waals surface area contributed by atoms with Crippen molar-refractivity contribution in [1.82, 2.24) is 14.8 Å². The highest BCUT2D eigenvalue weighted by Crippen LogP contribution is 2.25. The van der Waals surface area contributed by atoms with Gasteiger partial charge in [-0.1, -0.05) is 25.1 Å². The Hall–Kier alpha value is -2.05. The van der Waals surface area contributed by atoms with E-state index in [1.807, 2.05) is 13.0 Å². The van der Waals surface area contributed by atoms with E-state index in [4.69, 9.17) is 5.26 Å². The van der Waals surface area contributed by atoms with Crippen molar-refractivity contribution in [1.29, 1.82) is 5.26 Å². The summed E-state index contributed by atoms with van der Waals surface area (Å²) in [7, 11) is 0. The Morgan fingerprint density at radius 1 is 1.65 bits per heavy atom. The van der Waals surface area contributed by atoms with Crippen LogP contribution in [0.1, 0.15) is 32.3 Å². The minimum atomic E-state index is -0.445. The second kappa shape index (κ2) is 7.99. The second-order valence-corrected chi connectivity index (χ2v) is 7.07. The summed E-state index contributed by atoms with van der Waals surface area (Å²) in [5.41, 5.74) is 0.179. The average Bonchev–Trinajstić information content (AvgIpc) is 3.12. The molecule has 0 aliphatic heterocycles. The van der Waals surface area contributed by atoms with Gasteiger partial charge in [0.15, 0.2) is 5.16 Å². The molecule has 1 unspecified atom stereocenters. The van der Waals surface area contributed by atoms with E-state index < -0.39 is 5.25 Å². The Bertz CT molecular complexity index is 771. The number of nitrogens with zero attached hydrogens (tertiary/aromatic N) is 3. The van der Waals surface area contributed by atoms with E-state index in [1.54, 1.807) is 22.9 Å². The summed E-state index contributed by atoms with van der Waals surface area (Å²) in [6, 6.07) is 3.69. The number of anilines is 1. The van der Waals surface area contributed by atoms with E-state index in [-0.39, 0.29) is 11.6 Å². The summed E-state index contributed by atoms with van der Waals surface area (Å²) in [5, 5.41) is 20.4. The predicted molar refractivity (Wildman–Crippen MR) is 90.7 cm³/mol. The van der Waals surface area contributed by atoms with Gasteiger partial charge >= 0.3 is 5.69 Å². The van der Waals surface area contributed by atoms with Crippen molar-refractivity contribution in [3.8, 4) is 6.07 Å².